The van der Waals surface area contributed by atoms with Crippen molar-refractivity contribution in [2.75, 3.05) is 12.9 Å². The van der Waals surface area contributed by atoms with Crippen molar-refractivity contribution in [2.45, 2.75) is 12.7 Å². The highest BCUT2D eigenvalue weighted by Crippen LogP contribution is 2.23. The molecule has 0 amide bonds. The van der Waals surface area contributed by atoms with Crippen LogP contribution >= 0.6 is 27.5 Å². The maximum absolute atomic E-state index is 12.0. The van der Waals surface area contributed by atoms with Crippen LogP contribution in [0, 0.1) is 5.92 Å². The second-order valence-electron chi connectivity index (χ2n) is 4.21. The summed E-state index contributed by atoms with van der Waals surface area (Å²) in [5.41, 5.74) is 0.516. The molecule has 0 radical (unpaired) electrons. The minimum Gasteiger partial charge on any atom is -0.469 e. The third-order valence-corrected chi connectivity index (χ3v) is 5.10. The van der Waals surface area contributed by atoms with E-state index in [0.29, 0.717) is 10.6 Å². The Morgan fingerprint density at radius 1 is 1.47 bits per heavy atom. The summed E-state index contributed by atoms with van der Waals surface area (Å²) in [6, 6.07) is 5.00. The van der Waals surface area contributed by atoms with Crippen molar-refractivity contribution >= 4 is 43.3 Å². The van der Waals surface area contributed by atoms with E-state index in [2.05, 4.69) is 20.7 Å². The van der Waals surface area contributed by atoms with Gasteiger partial charge in [-0.15, -0.1) is 0 Å². The Kier molecular flexibility index (Phi) is 5.82. The van der Waals surface area contributed by atoms with Crippen LogP contribution in [0.1, 0.15) is 12.5 Å². The number of hydrogen-bond donors (Lipinski definition) is 0. The Morgan fingerprint density at radius 2 is 2.11 bits per heavy atom. The quantitative estimate of drug-likeness (QED) is 0.749. The Balaban J connectivity index is 2.82. The van der Waals surface area contributed by atoms with Gasteiger partial charge in [-0.25, -0.2) is 8.42 Å². The van der Waals surface area contributed by atoms with Gasteiger partial charge in [0.1, 0.15) is 0 Å². The topological polar surface area (TPSA) is 60.4 Å². The molecule has 1 atom stereocenters. The molecule has 7 heteroatoms. The lowest BCUT2D eigenvalue weighted by Gasteiger charge is -2.11. The van der Waals surface area contributed by atoms with Gasteiger partial charge in [0.15, 0.2) is 9.84 Å². The molecular weight excluding hydrogens is 356 g/mol. The van der Waals surface area contributed by atoms with Crippen LogP contribution in [0.2, 0.25) is 5.02 Å². The highest BCUT2D eigenvalue weighted by atomic mass is 79.9. The lowest BCUT2D eigenvalue weighted by molar-refractivity contribution is -0.144. The largest absolute Gasteiger partial charge is 0.469 e. The summed E-state index contributed by atoms with van der Waals surface area (Å²) >= 11 is 9.23. The molecule has 1 unspecified atom stereocenters. The second kappa shape index (κ2) is 6.72. The van der Waals surface area contributed by atoms with Crippen LogP contribution < -0.4 is 0 Å². The van der Waals surface area contributed by atoms with Gasteiger partial charge in [0.05, 0.1) is 24.5 Å². The summed E-state index contributed by atoms with van der Waals surface area (Å²) in [4.78, 5) is 11.2. The summed E-state index contributed by atoms with van der Waals surface area (Å²) in [5, 5.41) is 0.378. The minimum atomic E-state index is -3.42. The number of carbonyl (C=O) groups excluding carboxylic acids is 1. The number of ether oxygens (including phenoxy) is 1. The normalized spacial score (nSPS) is 13.1. The lowest BCUT2D eigenvalue weighted by Crippen LogP contribution is -2.23. The zero-order valence-corrected chi connectivity index (χ0v) is 13.7. The number of sulfone groups is 1. The highest BCUT2D eigenvalue weighted by Gasteiger charge is 2.23. The van der Waals surface area contributed by atoms with Gasteiger partial charge in [-0.05, 0) is 17.7 Å². The molecule has 0 saturated carbocycles. The zero-order valence-electron chi connectivity index (χ0n) is 10.5. The minimum absolute atomic E-state index is 0.194. The van der Waals surface area contributed by atoms with Crippen LogP contribution in [-0.4, -0.2) is 27.2 Å². The van der Waals surface area contributed by atoms with Crippen molar-refractivity contribution in [3.05, 3.63) is 33.3 Å². The average molecular weight is 370 g/mol. The van der Waals surface area contributed by atoms with Crippen molar-refractivity contribution in [1.82, 2.24) is 0 Å². The van der Waals surface area contributed by atoms with Gasteiger partial charge in [0.25, 0.3) is 0 Å². The van der Waals surface area contributed by atoms with E-state index in [-0.39, 0.29) is 11.5 Å². The van der Waals surface area contributed by atoms with Crippen molar-refractivity contribution < 1.29 is 17.9 Å². The molecule has 0 bridgehead atoms. The first-order valence-electron chi connectivity index (χ1n) is 5.47. The zero-order chi connectivity index (χ0) is 14.6. The van der Waals surface area contributed by atoms with Gasteiger partial charge in [-0.1, -0.05) is 40.5 Å². The van der Waals surface area contributed by atoms with E-state index in [1.54, 1.807) is 18.2 Å². The number of rotatable bonds is 5. The fourth-order valence-corrected chi connectivity index (χ4v) is 4.15. The molecule has 106 valence electrons. The summed E-state index contributed by atoms with van der Waals surface area (Å²) in [6.07, 6.45) is 0. The Morgan fingerprint density at radius 3 is 2.63 bits per heavy atom. The van der Waals surface area contributed by atoms with Crippen molar-refractivity contribution in [2.24, 2.45) is 5.92 Å². The number of esters is 1. The van der Waals surface area contributed by atoms with Crippen molar-refractivity contribution in [3.8, 4) is 0 Å². The summed E-state index contributed by atoms with van der Waals surface area (Å²) < 4.78 is 29.3. The van der Waals surface area contributed by atoms with E-state index in [9.17, 15) is 13.2 Å². The van der Waals surface area contributed by atoms with Crippen LogP contribution in [-0.2, 0) is 25.1 Å². The van der Waals surface area contributed by atoms with Gasteiger partial charge in [0, 0.05) is 9.50 Å². The van der Waals surface area contributed by atoms with Crippen molar-refractivity contribution in [3.63, 3.8) is 0 Å². The first-order chi connectivity index (χ1) is 8.75. The fourth-order valence-electron chi connectivity index (χ4n) is 1.58. The van der Waals surface area contributed by atoms with Gasteiger partial charge < -0.3 is 4.74 Å². The molecule has 0 heterocycles. The van der Waals surface area contributed by atoms with E-state index >= 15 is 0 Å². The van der Waals surface area contributed by atoms with Crippen LogP contribution in [0.3, 0.4) is 0 Å². The molecule has 0 spiro atoms. The lowest BCUT2D eigenvalue weighted by atomic mass is 10.2. The Bertz CT molecular complexity index is 571. The molecule has 19 heavy (non-hydrogen) atoms. The smallest absolute Gasteiger partial charge is 0.309 e. The van der Waals surface area contributed by atoms with E-state index in [4.69, 9.17) is 11.6 Å². The third-order valence-electron chi connectivity index (χ3n) is 2.50. The summed E-state index contributed by atoms with van der Waals surface area (Å²) in [7, 11) is -2.19. The van der Waals surface area contributed by atoms with Crippen LogP contribution in [0.15, 0.2) is 22.7 Å². The summed E-state index contributed by atoms with van der Waals surface area (Å²) in [6.45, 7) is 1.52. The molecule has 0 fully saturated rings. The predicted octanol–water partition coefficient (Wildman–Crippen LogP) is 2.83. The second-order valence-corrected chi connectivity index (χ2v) is 7.65. The maximum atomic E-state index is 12.0. The Labute approximate surface area is 126 Å². The molecule has 0 aromatic heterocycles. The first-order valence-corrected chi connectivity index (χ1v) is 8.46. The molecule has 0 aliphatic heterocycles. The SMILES string of the molecule is COC(=O)C(C)CS(=O)(=O)Cc1ccc(Br)cc1Cl. The fraction of sp³-hybridized carbons (Fsp3) is 0.417. The number of carbonyl (C=O) groups is 1. The molecule has 4 nitrogen and oxygen atoms in total. The first kappa shape index (κ1) is 16.5. The number of methoxy groups -OCH3 is 1. The third kappa shape index (κ3) is 5.12. The van der Waals surface area contributed by atoms with E-state index in [0.717, 1.165) is 4.47 Å². The molecule has 1 aromatic carbocycles. The summed E-state index contributed by atoms with van der Waals surface area (Å²) in [5.74, 6) is -1.68. The monoisotopic (exact) mass is 368 g/mol. The number of hydrogen-bond acceptors (Lipinski definition) is 4. The highest BCUT2D eigenvalue weighted by molar-refractivity contribution is 9.10. The number of benzene rings is 1. The van der Waals surface area contributed by atoms with E-state index < -0.39 is 21.7 Å². The van der Waals surface area contributed by atoms with Crippen LogP contribution in [0.4, 0.5) is 0 Å². The van der Waals surface area contributed by atoms with Crippen LogP contribution in [0.25, 0.3) is 0 Å². The van der Waals surface area contributed by atoms with Crippen LogP contribution in [0.5, 0.6) is 0 Å². The molecular formula is C12H14BrClO4S. The van der Waals surface area contributed by atoms with E-state index in [1.165, 1.54) is 14.0 Å². The Hall–Kier alpha value is -0.590. The van der Waals surface area contributed by atoms with E-state index in [1.807, 2.05) is 0 Å². The van der Waals surface area contributed by atoms with Gasteiger partial charge in [-0.3, -0.25) is 4.79 Å². The van der Waals surface area contributed by atoms with Gasteiger partial charge in [0.2, 0.25) is 0 Å². The predicted molar refractivity (Wildman–Crippen MR) is 77.8 cm³/mol. The molecule has 0 aliphatic rings. The van der Waals surface area contributed by atoms with Crippen molar-refractivity contribution in [1.29, 1.82) is 0 Å². The average Bonchev–Trinajstić information content (AvgIpc) is 2.31. The molecule has 0 saturated heterocycles. The maximum Gasteiger partial charge on any atom is 0.309 e. The van der Waals surface area contributed by atoms with Gasteiger partial charge in [-0.2, -0.15) is 0 Å². The van der Waals surface area contributed by atoms with Gasteiger partial charge >= 0.3 is 5.97 Å². The molecule has 0 aliphatic carbocycles. The molecule has 0 N–H and O–H groups in total. The number of halogens is 2. The standard InChI is InChI=1S/C12H14BrClO4S/c1-8(12(15)18-2)6-19(16,17)7-9-3-4-10(13)5-11(9)14/h3-5,8H,6-7H2,1-2H3. The molecule has 1 rings (SSSR count). The molecule has 1 aromatic rings.